The lowest BCUT2D eigenvalue weighted by Gasteiger charge is -2.43. The third-order valence-electron chi connectivity index (χ3n) is 9.25. The van der Waals surface area contributed by atoms with E-state index in [4.69, 9.17) is 17.0 Å². The van der Waals surface area contributed by atoms with Crippen molar-refractivity contribution < 1.29 is 24.2 Å². The lowest BCUT2D eigenvalue weighted by Crippen LogP contribution is -2.47. The molecule has 2 aromatic carbocycles. The predicted octanol–water partition coefficient (Wildman–Crippen LogP) is 6.57. The van der Waals surface area contributed by atoms with Crippen molar-refractivity contribution in [2.45, 2.75) is 48.9 Å². The minimum Gasteiger partial charge on any atom is -0.480 e. The molecule has 2 amide bonds. The number of carbonyl (C=O) groups is 3. The van der Waals surface area contributed by atoms with Gasteiger partial charge in [0.2, 0.25) is 11.8 Å². The second-order valence-electron chi connectivity index (χ2n) is 12.0. The number of aliphatic carboxylic acids is 1. The number of amides is 2. The van der Waals surface area contributed by atoms with Gasteiger partial charge in [-0.25, -0.2) is 4.79 Å². The molecule has 7 rings (SSSR count). The number of thioether (sulfide) groups is 1. The highest BCUT2D eigenvalue weighted by molar-refractivity contribution is 8.00. The quantitative estimate of drug-likeness (QED) is 0.232. The third-order valence-corrected chi connectivity index (χ3v) is 12.2. The van der Waals surface area contributed by atoms with Gasteiger partial charge in [0, 0.05) is 16.0 Å². The van der Waals surface area contributed by atoms with E-state index < -0.39 is 23.8 Å². The van der Waals surface area contributed by atoms with Gasteiger partial charge in [-0.05, 0) is 78.6 Å². The molecule has 7 nitrogen and oxygen atoms in total. The van der Waals surface area contributed by atoms with E-state index in [1.54, 1.807) is 23.1 Å². The Hall–Kier alpha value is -2.95. The third kappa shape index (κ3) is 4.29. The lowest BCUT2D eigenvalue weighted by atomic mass is 9.68. The van der Waals surface area contributed by atoms with Crippen molar-refractivity contribution in [3.63, 3.8) is 0 Å². The van der Waals surface area contributed by atoms with Crippen molar-refractivity contribution in [1.82, 2.24) is 9.88 Å². The Balaban J connectivity index is 1.27. The van der Waals surface area contributed by atoms with Crippen LogP contribution in [-0.2, 0) is 14.4 Å². The number of thiazole rings is 1. The van der Waals surface area contributed by atoms with Crippen molar-refractivity contribution in [3.05, 3.63) is 69.0 Å². The Labute approximate surface area is 251 Å². The first-order chi connectivity index (χ1) is 19.7. The molecule has 2 aliphatic heterocycles. The average Bonchev–Trinajstić information content (AvgIpc) is 3.67. The molecule has 2 N–H and O–H groups in total. The number of carbonyl (C=O) groups excluding carboxylic acids is 2. The summed E-state index contributed by atoms with van der Waals surface area (Å²) in [5, 5.41) is 11.2. The van der Waals surface area contributed by atoms with E-state index >= 15 is 0 Å². The molecule has 3 fully saturated rings. The largest absolute Gasteiger partial charge is 0.480 e. The van der Waals surface area contributed by atoms with Crippen LogP contribution >= 0.6 is 35.3 Å². The second-order valence-corrected chi connectivity index (χ2v) is 14.9. The highest BCUT2D eigenvalue weighted by Gasteiger charge is 2.70. The first kappa shape index (κ1) is 26.9. The van der Waals surface area contributed by atoms with E-state index in [0.717, 1.165) is 33.4 Å². The number of carboxylic acids is 1. The number of carboxylic acid groups (broad SMARTS) is 1. The zero-order chi connectivity index (χ0) is 28.6. The smallest absolute Gasteiger partial charge is 0.326 e. The summed E-state index contributed by atoms with van der Waals surface area (Å²) in [6, 6.07) is 16.7. The fourth-order valence-electron chi connectivity index (χ4n) is 7.88. The molecule has 0 radical (unpaired) electrons. The van der Waals surface area contributed by atoms with Gasteiger partial charge >= 0.3 is 5.97 Å². The minimum atomic E-state index is -1.12. The van der Waals surface area contributed by atoms with Crippen LogP contribution in [0.25, 0.3) is 0 Å². The van der Waals surface area contributed by atoms with Crippen LogP contribution < -0.4 is 4.74 Å². The van der Waals surface area contributed by atoms with Gasteiger partial charge in [0.1, 0.15) is 17.5 Å². The van der Waals surface area contributed by atoms with Crippen LogP contribution in [0.3, 0.4) is 0 Å². The average molecular weight is 607 g/mol. The second kappa shape index (κ2) is 10.1. The van der Waals surface area contributed by atoms with Crippen molar-refractivity contribution in [2.75, 3.05) is 0 Å². The summed E-state index contributed by atoms with van der Waals surface area (Å²) >= 11 is 8.91. The maximum atomic E-state index is 13.9. The SMILES string of the molecule is CC(C)CC(C(=O)O)N1C(=O)C2C3CC(C2C1=O)C1C(c2cccc(Oc4ccccc4)c2)c2sc(=S)[nH]c2SC31. The molecule has 1 saturated heterocycles. The summed E-state index contributed by atoms with van der Waals surface area (Å²) in [6.07, 6.45) is 1.06. The van der Waals surface area contributed by atoms with E-state index in [-0.39, 0.29) is 53.1 Å². The number of fused-ring (bicyclic) bond motifs is 9. The number of hydrogen-bond donors (Lipinski definition) is 2. The Bertz CT molecular complexity index is 1600. The van der Waals surface area contributed by atoms with Crippen LogP contribution in [0.5, 0.6) is 11.5 Å². The molecule has 8 atom stereocenters. The van der Waals surface area contributed by atoms with Crippen LogP contribution in [0.1, 0.15) is 43.0 Å². The standard InChI is InChI=1S/C31H30N2O5S3/c1-14(2)11-20(30(36)37)33-28(34)23-18-13-19(24(23)29(33)35)25-22(18)21(26-27(40-25)32-31(39)41-26)15-7-6-10-17(12-15)38-16-8-4-3-5-9-16/h3-10,12,14,18-25H,11,13H2,1-2H3,(H,32,39)(H,36,37). The van der Waals surface area contributed by atoms with Crippen molar-refractivity contribution in [1.29, 1.82) is 0 Å². The van der Waals surface area contributed by atoms with E-state index in [1.165, 1.54) is 4.88 Å². The van der Waals surface area contributed by atoms with Gasteiger partial charge < -0.3 is 14.8 Å². The Morgan fingerprint density at radius 3 is 2.49 bits per heavy atom. The molecule has 2 saturated carbocycles. The summed E-state index contributed by atoms with van der Waals surface area (Å²) in [5.74, 6) is -0.965. The number of rotatable bonds is 7. The van der Waals surface area contributed by atoms with Gasteiger partial charge in [-0.2, -0.15) is 0 Å². The van der Waals surface area contributed by atoms with E-state index in [2.05, 4.69) is 17.1 Å². The zero-order valence-electron chi connectivity index (χ0n) is 22.6. The van der Waals surface area contributed by atoms with Crippen LogP contribution in [0.15, 0.2) is 59.6 Å². The normalized spacial score (nSPS) is 30.3. The van der Waals surface area contributed by atoms with Crippen LogP contribution in [0.4, 0.5) is 0 Å². The number of para-hydroxylation sites is 1. The summed E-state index contributed by atoms with van der Waals surface area (Å²) in [7, 11) is 0. The number of aromatic amines is 1. The summed E-state index contributed by atoms with van der Waals surface area (Å²) in [5.41, 5.74) is 1.10. The number of nitrogens with zero attached hydrogens (tertiary/aromatic N) is 1. The van der Waals surface area contributed by atoms with Crippen LogP contribution in [0.2, 0.25) is 0 Å². The van der Waals surface area contributed by atoms with Gasteiger partial charge in [-0.3, -0.25) is 14.5 Å². The van der Waals surface area contributed by atoms with Gasteiger partial charge in [-0.15, -0.1) is 23.1 Å². The van der Waals surface area contributed by atoms with Crippen molar-refractivity contribution in [3.8, 4) is 11.5 Å². The van der Waals surface area contributed by atoms with Crippen LogP contribution in [0, 0.1) is 39.5 Å². The first-order valence-corrected chi connectivity index (χ1v) is 16.2. The van der Waals surface area contributed by atoms with Crippen molar-refractivity contribution >= 4 is 53.1 Å². The number of benzene rings is 2. The number of H-pyrrole nitrogens is 1. The number of hydrogen-bond acceptors (Lipinski definition) is 7. The topological polar surface area (TPSA) is 99.7 Å². The Morgan fingerprint density at radius 2 is 1.78 bits per heavy atom. The fraction of sp³-hybridized carbons (Fsp3) is 0.419. The molecule has 8 unspecified atom stereocenters. The summed E-state index contributed by atoms with van der Waals surface area (Å²) < 4.78 is 6.90. The first-order valence-electron chi connectivity index (χ1n) is 14.0. The van der Waals surface area contributed by atoms with Crippen molar-refractivity contribution in [2.24, 2.45) is 35.5 Å². The fourth-order valence-corrected chi connectivity index (χ4v) is 11.2. The van der Waals surface area contributed by atoms with E-state index in [0.29, 0.717) is 3.95 Å². The summed E-state index contributed by atoms with van der Waals surface area (Å²) in [4.78, 5) is 45.6. The highest BCUT2D eigenvalue weighted by atomic mass is 32.2. The minimum absolute atomic E-state index is 0.00707. The number of ether oxygens (including phenoxy) is 1. The Kier molecular flexibility index (Phi) is 6.63. The van der Waals surface area contributed by atoms with Gasteiger partial charge in [0.15, 0.2) is 3.95 Å². The molecule has 41 heavy (non-hydrogen) atoms. The zero-order valence-corrected chi connectivity index (χ0v) is 25.0. The molecule has 1 aromatic heterocycles. The molecule has 212 valence electrons. The molecule has 2 aliphatic carbocycles. The number of aromatic nitrogens is 1. The molecule has 3 aromatic rings. The van der Waals surface area contributed by atoms with E-state index in [1.807, 2.05) is 56.3 Å². The van der Waals surface area contributed by atoms with Crippen LogP contribution in [-0.4, -0.2) is 44.1 Å². The molecule has 0 spiro atoms. The van der Waals surface area contributed by atoms with E-state index in [9.17, 15) is 19.5 Å². The molecular formula is C31H30N2O5S3. The number of imide groups is 1. The maximum absolute atomic E-state index is 13.9. The number of likely N-dealkylation sites (tertiary alicyclic amines) is 1. The molecular weight excluding hydrogens is 577 g/mol. The molecule has 2 bridgehead atoms. The Morgan fingerprint density at radius 1 is 1.07 bits per heavy atom. The number of nitrogens with one attached hydrogen (secondary N) is 1. The van der Waals surface area contributed by atoms with Gasteiger partial charge in [-0.1, -0.05) is 44.2 Å². The predicted molar refractivity (Wildman–Crippen MR) is 159 cm³/mol. The van der Waals surface area contributed by atoms with Gasteiger partial charge in [0.25, 0.3) is 0 Å². The molecule has 10 heteroatoms. The van der Waals surface area contributed by atoms with Gasteiger partial charge in [0.05, 0.1) is 16.9 Å². The lowest BCUT2D eigenvalue weighted by molar-refractivity contribution is -0.156. The molecule has 4 aliphatic rings. The summed E-state index contributed by atoms with van der Waals surface area (Å²) in [6.45, 7) is 3.83. The highest BCUT2D eigenvalue weighted by Crippen LogP contribution is 2.69. The monoisotopic (exact) mass is 606 g/mol. The molecule has 3 heterocycles. The maximum Gasteiger partial charge on any atom is 0.326 e.